The summed E-state index contributed by atoms with van der Waals surface area (Å²) in [4.78, 5) is 38.8. The van der Waals surface area contributed by atoms with Crippen LogP contribution < -0.4 is 10.6 Å². The number of benzene rings is 1. The van der Waals surface area contributed by atoms with Crippen molar-refractivity contribution < 1.29 is 19.1 Å². The van der Waals surface area contributed by atoms with E-state index in [0.29, 0.717) is 28.8 Å². The van der Waals surface area contributed by atoms with Gasteiger partial charge in [-0.05, 0) is 68.9 Å². The van der Waals surface area contributed by atoms with E-state index in [1.165, 1.54) is 34.9 Å². The number of thioether (sulfide) groups is 1. The second kappa shape index (κ2) is 10.3. The van der Waals surface area contributed by atoms with Gasteiger partial charge in [0, 0.05) is 22.4 Å². The molecule has 0 fully saturated rings. The summed E-state index contributed by atoms with van der Waals surface area (Å²) in [5.74, 6) is -0.0786. The van der Waals surface area contributed by atoms with Gasteiger partial charge >= 0.3 is 5.97 Å². The zero-order valence-corrected chi connectivity index (χ0v) is 19.9. The molecule has 2 aromatic rings. The summed E-state index contributed by atoms with van der Waals surface area (Å²) in [6.07, 6.45) is 2.79. The molecular weight excluding hydrogens is 432 g/mol. The molecule has 1 aliphatic rings. The standard InChI is InChI=1S/C23H28N2O4S2/c1-5-29-23(28)20-18-11-6-13(2)12-19(18)31-22(20)25-21(27)14(3)30-17-9-7-16(8-10-17)24-15(4)26/h7-10,13-14H,5-6,11-12H2,1-4H3,(H,24,26)(H,25,27)/t13-,14-/m1/s1. The Kier molecular flexibility index (Phi) is 7.78. The van der Waals surface area contributed by atoms with E-state index in [4.69, 9.17) is 4.74 Å². The Morgan fingerprint density at radius 3 is 2.58 bits per heavy atom. The number of hydrogen-bond acceptors (Lipinski definition) is 6. The van der Waals surface area contributed by atoms with Crippen LogP contribution in [0.15, 0.2) is 29.2 Å². The lowest BCUT2D eigenvalue weighted by Gasteiger charge is -2.18. The summed E-state index contributed by atoms with van der Waals surface area (Å²) < 4.78 is 5.28. The fourth-order valence-electron chi connectivity index (χ4n) is 3.55. The zero-order chi connectivity index (χ0) is 22.5. The molecule has 0 spiro atoms. The van der Waals surface area contributed by atoms with Gasteiger partial charge in [-0.3, -0.25) is 9.59 Å². The Hall–Kier alpha value is -2.32. The van der Waals surface area contributed by atoms with Gasteiger partial charge in [0.05, 0.1) is 17.4 Å². The number of esters is 1. The van der Waals surface area contributed by atoms with Gasteiger partial charge in [-0.1, -0.05) is 6.92 Å². The van der Waals surface area contributed by atoms with Crippen LogP contribution in [0.5, 0.6) is 0 Å². The minimum atomic E-state index is -0.362. The van der Waals surface area contributed by atoms with Crippen LogP contribution in [-0.2, 0) is 27.2 Å². The number of fused-ring (bicyclic) bond motifs is 1. The first-order chi connectivity index (χ1) is 14.8. The maximum Gasteiger partial charge on any atom is 0.341 e. The molecule has 1 aromatic heterocycles. The lowest BCUT2D eigenvalue weighted by atomic mass is 9.88. The number of carbonyl (C=O) groups excluding carboxylic acids is 3. The maximum absolute atomic E-state index is 12.9. The minimum absolute atomic E-state index is 0.126. The van der Waals surface area contributed by atoms with Crippen LogP contribution in [0.25, 0.3) is 0 Å². The average molecular weight is 461 g/mol. The molecule has 1 aromatic carbocycles. The molecule has 0 radical (unpaired) electrons. The van der Waals surface area contributed by atoms with E-state index >= 15 is 0 Å². The van der Waals surface area contributed by atoms with Crippen LogP contribution >= 0.6 is 23.1 Å². The lowest BCUT2D eigenvalue weighted by molar-refractivity contribution is -0.115. The molecule has 1 aliphatic carbocycles. The Morgan fingerprint density at radius 1 is 1.23 bits per heavy atom. The second-order valence-corrected chi connectivity index (χ2v) is 10.3. The predicted octanol–water partition coefficient (Wildman–Crippen LogP) is 5.13. The van der Waals surface area contributed by atoms with Crippen molar-refractivity contribution in [2.75, 3.05) is 17.2 Å². The van der Waals surface area contributed by atoms with Gasteiger partial charge in [0.1, 0.15) is 5.00 Å². The van der Waals surface area contributed by atoms with Crippen molar-refractivity contribution in [3.05, 3.63) is 40.3 Å². The van der Waals surface area contributed by atoms with Gasteiger partial charge in [0.2, 0.25) is 11.8 Å². The number of hydrogen-bond donors (Lipinski definition) is 2. The summed E-state index contributed by atoms with van der Waals surface area (Å²) in [5, 5.41) is 5.94. The molecule has 0 unspecified atom stereocenters. The van der Waals surface area contributed by atoms with Crippen molar-refractivity contribution in [1.29, 1.82) is 0 Å². The van der Waals surface area contributed by atoms with Crippen LogP contribution in [-0.4, -0.2) is 29.6 Å². The number of nitrogens with one attached hydrogen (secondary N) is 2. The van der Waals surface area contributed by atoms with Crippen molar-refractivity contribution in [3.8, 4) is 0 Å². The third-order valence-corrected chi connectivity index (χ3v) is 7.37. The largest absolute Gasteiger partial charge is 0.462 e. The molecule has 166 valence electrons. The summed E-state index contributed by atoms with van der Waals surface area (Å²) in [7, 11) is 0. The van der Waals surface area contributed by atoms with Gasteiger partial charge in [-0.2, -0.15) is 0 Å². The monoisotopic (exact) mass is 460 g/mol. The van der Waals surface area contributed by atoms with Gasteiger partial charge in [-0.15, -0.1) is 23.1 Å². The highest BCUT2D eigenvalue weighted by Crippen LogP contribution is 2.40. The number of amides is 2. The Labute approximate surface area is 191 Å². The van der Waals surface area contributed by atoms with Crippen molar-refractivity contribution in [3.63, 3.8) is 0 Å². The third kappa shape index (κ3) is 5.89. The molecule has 3 rings (SSSR count). The normalized spacial score (nSPS) is 16.2. The molecule has 2 atom stereocenters. The summed E-state index contributed by atoms with van der Waals surface area (Å²) in [5.41, 5.74) is 2.27. The summed E-state index contributed by atoms with van der Waals surface area (Å²) >= 11 is 2.92. The van der Waals surface area contributed by atoms with Crippen LogP contribution in [0.3, 0.4) is 0 Å². The average Bonchev–Trinajstić information content (AvgIpc) is 3.06. The number of thiophene rings is 1. The van der Waals surface area contributed by atoms with Gasteiger partial charge in [0.15, 0.2) is 0 Å². The number of ether oxygens (including phenoxy) is 1. The van der Waals surface area contributed by atoms with Gasteiger partial charge in [0.25, 0.3) is 0 Å². The first-order valence-corrected chi connectivity index (χ1v) is 12.1. The van der Waals surface area contributed by atoms with E-state index in [0.717, 1.165) is 29.7 Å². The fourth-order valence-corrected chi connectivity index (χ4v) is 5.82. The Bertz CT molecular complexity index is 969. The van der Waals surface area contributed by atoms with E-state index in [2.05, 4.69) is 17.6 Å². The minimum Gasteiger partial charge on any atom is -0.462 e. The number of carbonyl (C=O) groups is 3. The Morgan fingerprint density at radius 2 is 1.94 bits per heavy atom. The predicted molar refractivity (Wildman–Crippen MR) is 126 cm³/mol. The topological polar surface area (TPSA) is 84.5 Å². The van der Waals surface area contributed by atoms with Gasteiger partial charge < -0.3 is 15.4 Å². The van der Waals surface area contributed by atoms with E-state index in [9.17, 15) is 14.4 Å². The van der Waals surface area contributed by atoms with E-state index in [-0.39, 0.29) is 23.0 Å². The summed E-state index contributed by atoms with van der Waals surface area (Å²) in [6, 6.07) is 7.35. The molecule has 6 nitrogen and oxygen atoms in total. The first kappa shape index (κ1) is 23.3. The molecule has 0 bridgehead atoms. The smallest absolute Gasteiger partial charge is 0.341 e. The van der Waals surface area contributed by atoms with Crippen molar-refractivity contribution in [2.24, 2.45) is 5.92 Å². The molecule has 2 amide bonds. The van der Waals surface area contributed by atoms with E-state index in [1.54, 1.807) is 6.92 Å². The van der Waals surface area contributed by atoms with E-state index in [1.807, 2.05) is 31.2 Å². The van der Waals surface area contributed by atoms with Crippen LogP contribution in [0.4, 0.5) is 10.7 Å². The lowest BCUT2D eigenvalue weighted by Crippen LogP contribution is -2.23. The third-order valence-electron chi connectivity index (χ3n) is 5.08. The number of rotatable bonds is 7. The molecule has 1 heterocycles. The fraction of sp³-hybridized carbons (Fsp3) is 0.435. The van der Waals surface area contributed by atoms with Crippen molar-refractivity contribution in [1.82, 2.24) is 0 Å². The number of anilines is 2. The SMILES string of the molecule is CCOC(=O)c1c(NC(=O)[C@@H](C)Sc2ccc(NC(C)=O)cc2)sc2c1CC[C@@H](C)C2. The highest BCUT2D eigenvalue weighted by molar-refractivity contribution is 8.00. The highest BCUT2D eigenvalue weighted by Gasteiger charge is 2.29. The molecule has 8 heteroatoms. The molecular formula is C23H28N2O4S2. The summed E-state index contributed by atoms with van der Waals surface area (Å²) in [6.45, 7) is 7.59. The van der Waals surface area contributed by atoms with Gasteiger partial charge in [-0.25, -0.2) is 4.79 Å². The van der Waals surface area contributed by atoms with E-state index < -0.39 is 0 Å². The quantitative estimate of drug-likeness (QED) is 0.442. The zero-order valence-electron chi connectivity index (χ0n) is 18.2. The molecule has 0 saturated carbocycles. The second-order valence-electron chi connectivity index (χ2n) is 7.73. The van der Waals surface area contributed by atoms with Crippen molar-refractivity contribution >= 4 is 51.6 Å². The highest BCUT2D eigenvalue weighted by atomic mass is 32.2. The Balaban J connectivity index is 1.73. The van der Waals surface area contributed by atoms with Crippen molar-refractivity contribution in [2.45, 2.75) is 57.1 Å². The molecule has 0 saturated heterocycles. The van der Waals surface area contributed by atoms with Crippen LogP contribution in [0, 0.1) is 5.92 Å². The molecule has 0 aliphatic heterocycles. The van der Waals surface area contributed by atoms with Crippen LogP contribution in [0.1, 0.15) is 54.9 Å². The maximum atomic E-state index is 12.9. The molecule has 31 heavy (non-hydrogen) atoms. The van der Waals surface area contributed by atoms with Crippen LogP contribution in [0.2, 0.25) is 0 Å². The first-order valence-electron chi connectivity index (χ1n) is 10.4. The molecule has 2 N–H and O–H groups in total.